The molecule has 1 heterocycles. The van der Waals surface area contributed by atoms with Crippen molar-refractivity contribution >= 4 is 21.5 Å². The van der Waals surface area contributed by atoms with Crippen molar-refractivity contribution in [2.24, 2.45) is 5.92 Å². The molecule has 7 heteroatoms. The van der Waals surface area contributed by atoms with Gasteiger partial charge in [0.1, 0.15) is 0 Å². The number of nitrogens with zero attached hydrogens (tertiary/aromatic N) is 1. The minimum atomic E-state index is -3.50. The molecule has 1 fully saturated rings. The number of carbonyl (C=O) groups is 2. The van der Waals surface area contributed by atoms with Crippen LogP contribution in [0.15, 0.2) is 71.6 Å². The summed E-state index contributed by atoms with van der Waals surface area (Å²) in [6.07, 6.45) is 3.36. The zero-order valence-corrected chi connectivity index (χ0v) is 18.8. The normalized spacial score (nSPS) is 22.1. The van der Waals surface area contributed by atoms with E-state index in [-0.39, 0.29) is 28.9 Å². The number of hydrogen-bond donors (Lipinski definition) is 0. The summed E-state index contributed by atoms with van der Waals surface area (Å²) in [7, 11) is -1.86. The van der Waals surface area contributed by atoms with Gasteiger partial charge in [-0.1, -0.05) is 42.5 Å². The van der Waals surface area contributed by atoms with Crippen LogP contribution >= 0.6 is 0 Å². The highest BCUT2D eigenvalue weighted by molar-refractivity contribution is 7.90. The van der Waals surface area contributed by atoms with E-state index in [4.69, 9.17) is 4.74 Å². The van der Waals surface area contributed by atoms with E-state index in [2.05, 4.69) is 0 Å². The van der Waals surface area contributed by atoms with Gasteiger partial charge in [0.25, 0.3) is 0 Å². The van der Waals surface area contributed by atoms with Crippen molar-refractivity contribution in [3.63, 3.8) is 0 Å². The zero-order valence-electron chi connectivity index (χ0n) is 17.9. The molecule has 2 aromatic carbocycles. The summed E-state index contributed by atoms with van der Waals surface area (Å²) in [5.74, 6) is -0.808. The number of likely N-dealkylation sites (N-methyl/N-ethyl adjacent to an activating group) is 1. The molecule has 6 nitrogen and oxygen atoms in total. The van der Waals surface area contributed by atoms with Gasteiger partial charge in [-0.3, -0.25) is 9.59 Å². The number of ether oxygens (including phenoxy) is 1. The molecule has 2 aromatic rings. The third-order valence-corrected chi connectivity index (χ3v) is 7.26. The number of ketones is 1. The van der Waals surface area contributed by atoms with E-state index in [1.54, 1.807) is 62.5 Å². The highest BCUT2D eigenvalue weighted by atomic mass is 32.2. The maximum atomic E-state index is 13.0. The Hall–Kier alpha value is -2.77. The predicted octanol–water partition coefficient (Wildman–Crippen LogP) is 3.17. The molecule has 3 rings (SSSR count). The van der Waals surface area contributed by atoms with Crippen molar-refractivity contribution < 1.29 is 22.7 Å². The fourth-order valence-corrected chi connectivity index (χ4v) is 5.02. The Morgan fingerprint density at radius 2 is 1.74 bits per heavy atom. The molecule has 2 atom stereocenters. The molecule has 31 heavy (non-hydrogen) atoms. The van der Waals surface area contributed by atoms with Crippen LogP contribution in [0.2, 0.25) is 0 Å². The maximum absolute atomic E-state index is 13.0. The molecule has 0 N–H and O–H groups in total. The number of hydrogen-bond acceptors (Lipinski definition) is 5. The van der Waals surface area contributed by atoms with E-state index in [1.807, 2.05) is 12.1 Å². The lowest BCUT2D eigenvalue weighted by atomic mass is 9.93. The van der Waals surface area contributed by atoms with Gasteiger partial charge < -0.3 is 9.64 Å². The predicted molar refractivity (Wildman–Crippen MR) is 118 cm³/mol. The molecule has 0 spiro atoms. The highest BCUT2D eigenvalue weighted by Crippen LogP contribution is 2.29. The third kappa shape index (κ3) is 5.29. The van der Waals surface area contributed by atoms with Gasteiger partial charge in [-0.05, 0) is 55.7 Å². The molecular formula is C24H27NO5S. The molecule has 2 unspecified atom stereocenters. The minimum absolute atomic E-state index is 0.109. The first-order chi connectivity index (χ1) is 14.6. The fraction of sp³-hybridized carbons (Fsp3) is 0.333. The first kappa shape index (κ1) is 22.9. The number of rotatable bonds is 7. The molecule has 1 saturated heterocycles. The summed E-state index contributed by atoms with van der Waals surface area (Å²) in [4.78, 5) is 26.1. The zero-order chi connectivity index (χ0) is 22.6. The Bertz CT molecular complexity index is 1090. The van der Waals surface area contributed by atoms with Crippen molar-refractivity contribution in [3.05, 3.63) is 77.9 Å². The van der Waals surface area contributed by atoms with Gasteiger partial charge in [0.2, 0.25) is 5.91 Å². The lowest BCUT2D eigenvalue weighted by Crippen LogP contribution is -2.56. The number of benzene rings is 2. The van der Waals surface area contributed by atoms with Crippen LogP contribution in [-0.2, 0) is 36.3 Å². The van der Waals surface area contributed by atoms with Crippen LogP contribution in [0, 0.1) is 5.92 Å². The summed E-state index contributed by atoms with van der Waals surface area (Å²) in [5, 5.41) is 0. The Morgan fingerprint density at radius 3 is 2.39 bits per heavy atom. The summed E-state index contributed by atoms with van der Waals surface area (Å²) in [6.45, 7) is 3.36. The van der Waals surface area contributed by atoms with Gasteiger partial charge in [0.15, 0.2) is 21.3 Å². The highest BCUT2D eigenvalue weighted by Gasteiger charge is 2.40. The van der Waals surface area contributed by atoms with E-state index >= 15 is 0 Å². The van der Waals surface area contributed by atoms with E-state index < -0.39 is 21.5 Å². The molecule has 0 aliphatic carbocycles. The second kappa shape index (κ2) is 9.16. The fourth-order valence-electron chi connectivity index (χ4n) is 3.59. The van der Waals surface area contributed by atoms with Crippen LogP contribution in [0.1, 0.15) is 25.0 Å². The molecule has 0 radical (unpaired) electrons. The Balaban J connectivity index is 1.79. The van der Waals surface area contributed by atoms with Crippen molar-refractivity contribution in [1.29, 1.82) is 0 Å². The molecule has 1 aliphatic heterocycles. The molecule has 164 valence electrons. The largest absolute Gasteiger partial charge is 0.351 e. The molecule has 1 aliphatic rings. The maximum Gasteiger partial charge on any atom is 0.230 e. The standard InChI is InChI=1S/C24H27NO5S/c1-18(26)13-14-24(2)25(3)23(27)21(16-30-24)15-19-9-7-8-10-20(19)17-31(28,29)22-11-5-4-6-12-22/h4-14,21H,15-17H2,1-3H3/b14-13-. The van der Waals surface area contributed by atoms with Gasteiger partial charge in [-0.15, -0.1) is 0 Å². The summed E-state index contributed by atoms with van der Waals surface area (Å²) < 4.78 is 31.6. The lowest BCUT2D eigenvalue weighted by Gasteiger charge is -2.43. The molecule has 1 amide bonds. The van der Waals surface area contributed by atoms with Crippen molar-refractivity contribution in [2.75, 3.05) is 13.7 Å². The van der Waals surface area contributed by atoms with Crippen LogP contribution in [0.25, 0.3) is 0 Å². The molecular weight excluding hydrogens is 414 g/mol. The van der Waals surface area contributed by atoms with Gasteiger partial charge in [0, 0.05) is 7.05 Å². The second-order valence-corrected chi connectivity index (χ2v) is 9.94. The quantitative estimate of drug-likeness (QED) is 0.617. The van der Waals surface area contributed by atoms with Crippen LogP contribution in [0.4, 0.5) is 0 Å². The van der Waals surface area contributed by atoms with E-state index in [9.17, 15) is 18.0 Å². The van der Waals surface area contributed by atoms with Crippen molar-refractivity contribution in [1.82, 2.24) is 4.90 Å². The molecule has 0 saturated carbocycles. The van der Waals surface area contributed by atoms with Gasteiger partial charge in [0.05, 0.1) is 23.2 Å². The smallest absolute Gasteiger partial charge is 0.230 e. The molecule has 0 aromatic heterocycles. The molecule has 0 bridgehead atoms. The number of sulfone groups is 1. The van der Waals surface area contributed by atoms with E-state index in [1.165, 1.54) is 17.9 Å². The number of amides is 1. The summed E-state index contributed by atoms with van der Waals surface area (Å²) in [5.41, 5.74) is 0.488. The van der Waals surface area contributed by atoms with Crippen molar-refractivity contribution in [2.45, 2.75) is 36.6 Å². The van der Waals surface area contributed by atoms with E-state index in [0.29, 0.717) is 12.0 Å². The Kier molecular flexibility index (Phi) is 6.77. The Labute approximate surface area is 183 Å². The topological polar surface area (TPSA) is 80.8 Å². The lowest BCUT2D eigenvalue weighted by molar-refractivity contribution is -0.182. The number of allylic oxidation sites excluding steroid dienone is 1. The van der Waals surface area contributed by atoms with Crippen LogP contribution in [0.5, 0.6) is 0 Å². The monoisotopic (exact) mass is 441 g/mol. The summed E-state index contributed by atoms with van der Waals surface area (Å²) >= 11 is 0. The van der Waals surface area contributed by atoms with Crippen LogP contribution < -0.4 is 0 Å². The van der Waals surface area contributed by atoms with Gasteiger partial charge in [-0.2, -0.15) is 0 Å². The first-order valence-corrected chi connectivity index (χ1v) is 11.7. The van der Waals surface area contributed by atoms with E-state index in [0.717, 1.165) is 5.56 Å². The third-order valence-electron chi connectivity index (χ3n) is 5.58. The van der Waals surface area contributed by atoms with Gasteiger partial charge >= 0.3 is 0 Å². The number of carbonyl (C=O) groups excluding carboxylic acids is 2. The average molecular weight is 442 g/mol. The van der Waals surface area contributed by atoms with Crippen molar-refractivity contribution in [3.8, 4) is 0 Å². The van der Waals surface area contributed by atoms with Crippen LogP contribution in [0.3, 0.4) is 0 Å². The van der Waals surface area contributed by atoms with Crippen LogP contribution in [-0.4, -0.2) is 44.4 Å². The first-order valence-electron chi connectivity index (χ1n) is 10.1. The summed E-state index contributed by atoms with van der Waals surface area (Å²) in [6, 6.07) is 15.6. The van der Waals surface area contributed by atoms with Gasteiger partial charge in [-0.25, -0.2) is 8.42 Å². The Morgan fingerprint density at radius 1 is 1.13 bits per heavy atom. The SMILES string of the molecule is CC(=O)/C=C\C1(C)OCC(Cc2ccccc2CS(=O)(=O)c2ccccc2)C(=O)N1C. The minimum Gasteiger partial charge on any atom is -0.351 e. The average Bonchev–Trinajstić information content (AvgIpc) is 2.75. The second-order valence-electron chi connectivity index (χ2n) is 7.95.